The van der Waals surface area contributed by atoms with Gasteiger partial charge in [0.25, 0.3) is 0 Å². The first-order chi connectivity index (χ1) is 48.0. The third-order valence-electron chi connectivity index (χ3n) is 17.2. The Morgan fingerprint density at radius 2 is 0.557 bits per heavy atom. The normalized spacial score (nSPS) is 23.9. The van der Waals surface area contributed by atoms with E-state index in [1.165, 1.54) is 0 Å². The predicted molar refractivity (Wildman–Crippen MR) is 366 cm³/mol. The van der Waals surface area contributed by atoms with Gasteiger partial charge in [0.1, 0.15) is 66.8 Å². The summed E-state index contributed by atoms with van der Waals surface area (Å²) >= 11 is 0. The lowest BCUT2D eigenvalue weighted by atomic mass is 9.95. The molecule has 504 valence electrons. The summed E-state index contributed by atoms with van der Waals surface area (Å²) in [5.74, 6) is 0.722. The number of hydrogen-bond donors (Lipinski definition) is 0. The van der Waals surface area contributed by atoms with E-state index in [2.05, 4.69) is 0 Å². The van der Waals surface area contributed by atoms with Gasteiger partial charge in [0.2, 0.25) is 0 Å². The van der Waals surface area contributed by atoms with Gasteiger partial charge in [0.05, 0.1) is 92.7 Å². The SMILES string of the molecule is COc1ccc(CO[C@H]2[C@@H](OCc3ccccc3)[C@@H](COCc3ccccc3)O[C@@H](O[C@@H]3[C@H](OCc4ccccc4)[C@@H](OCc4ccccc4)[C@H](O[C@H]4[C@H](OCc5ccccc5)C=CO[C@@H]4COCc4ccccc4)O[C@@H]3COCc3ccccc3)[C@@H]2OCc2ccccc2)cc1. The molecule has 0 radical (unpaired) electrons. The molecule has 3 aliphatic rings. The summed E-state index contributed by atoms with van der Waals surface area (Å²) in [5.41, 5.74) is 8.58. The Morgan fingerprint density at radius 1 is 0.268 bits per heavy atom. The van der Waals surface area contributed by atoms with Crippen LogP contribution in [0.3, 0.4) is 0 Å². The number of benzene rings is 9. The lowest BCUT2D eigenvalue weighted by Gasteiger charge is -2.51. The summed E-state index contributed by atoms with van der Waals surface area (Å²) in [5, 5.41) is 0. The molecule has 9 aromatic rings. The fourth-order valence-electron chi connectivity index (χ4n) is 12.1. The molecule has 0 spiro atoms. The summed E-state index contributed by atoms with van der Waals surface area (Å²) in [6, 6.07) is 88.1. The van der Waals surface area contributed by atoms with Crippen LogP contribution in [0.15, 0.2) is 279 Å². The molecular weight excluding hydrogens is 1220 g/mol. The largest absolute Gasteiger partial charge is 0.497 e. The van der Waals surface area contributed by atoms with E-state index in [1.807, 2.05) is 273 Å². The Morgan fingerprint density at radius 3 is 0.928 bits per heavy atom. The second-order valence-corrected chi connectivity index (χ2v) is 24.2. The van der Waals surface area contributed by atoms with Gasteiger partial charge in [0.15, 0.2) is 18.7 Å². The number of rotatable bonds is 35. The molecule has 12 rings (SSSR count). The van der Waals surface area contributed by atoms with Crippen molar-refractivity contribution in [3.63, 3.8) is 0 Å². The highest BCUT2D eigenvalue weighted by molar-refractivity contribution is 5.27. The van der Waals surface area contributed by atoms with Gasteiger partial charge < -0.3 is 71.1 Å². The molecule has 0 N–H and O–H groups in total. The summed E-state index contributed by atoms with van der Waals surface area (Å²) < 4.78 is 106. The molecule has 13 atom stereocenters. The van der Waals surface area contributed by atoms with Crippen molar-refractivity contribution in [3.8, 4) is 5.75 Å². The minimum absolute atomic E-state index is 0.000722. The van der Waals surface area contributed by atoms with E-state index in [1.54, 1.807) is 13.4 Å². The number of methoxy groups -OCH3 is 1. The predicted octanol–water partition coefficient (Wildman–Crippen LogP) is 14.3. The van der Waals surface area contributed by atoms with Gasteiger partial charge >= 0.3 is 0 Å². The van der Waals surface area contributed by atoms with E-state index in [0.717, 1.165) is 55.8 Å². The van der Waals surface area contributed by atoms with Gasteiger partial charge in [-0.05, 0) is 68.3 Å². The molecule has 0 bridgehead atoms. The van der Waals surface area contributed by atoms with Crippen molar-refractivity contribution < 1.29 is 71.1 Å². The number of ether oxygens (including phenoxy) is 15. The molecule has 0 amide bonds. The van der Waals surface area contributed by atoms with Crippen LogP contribution in [0.4, 0.5) is 0 Å². The van der Waals surface area contributed by atoms with Crippen LogP contribution in [0.2, 0.25) is 0 Å². The van der Waals surface area contributed by atoms with Gasteiger partial charge in [-0.1, -0.05) is 255 Å². The van der Waals surface area contributed by atoms with Gasteiger partial charge in [-0.25, -0.2) is 0 Å². The highest BCUT2D eigenvalue weighted by atomic mass is 16.8. The Labute approximate surface area is 569 Å². The monoisotopic (exact) mass is 1310 g/mol. The standard InChI is InChI=1S/C82H86O15/c1-83-69-44-42-68(43-45-69)56-90-77-75(89-52-64-34-18-6-19-35-64)72(58-85-49-61-28-12-3-13-29-61)94-82(79(77)92-54-66-38-22-8-23-39-66)97-76-73(59-86-50-62-30-14-4-15-31-62)95-81(80(93-55-67-40-24-9-25-41-67)78(76)91-53-65-36-20-7-21-37-65)96-74-70(88-51-63-32-16-5-17-33-63)46-47-87-71(74)57-84-48-60-26-10-2-11-27-60/h2-47,70-82H,48-59H2,1H3/t70-,71-,72-,73-,74+,75+,76+,77+,78+,79-,80-,81+,82+/m1/s1. The van der Waals surface area contributed by atoms with Crippen LogP contribution in [0, 0.1) is 0 Å². The second-order valence-electron chi connectivity index (χ2n) is 24.2. The Kier molecular flexibility index (Phi) is 26.2. The molecule has 0 unspecified atom stereocenters. The first kappa shape index (κ1) is 68.7. The van der Waals surface area contributed by atoms with Crippen LogP contribution >= 0.6 is 0 Å². The third kappa shape index (κ3) is 20.4. The highest BCUT2D eigenvalue weighted by Crippen LogP contribution is 2.39. The summed E-state index contributed by atoms with van der Waals surface area (Å²) in [6.07, 6.45) is -8.40. The van der Waals surface area contributed by atoms with E-state index in [4.69, 9.17) is 71.1 Å². The topological polar surface area (TPSA) is 138 Å². The first-order valence-corrected chi connectivity index (χ1v) is 33.4. The number of hydrogen-bond acceptors (Lipinski definition) is 15. The van der Waals surface area contributed by atoms with Gasteiger partial charge in [-0.2, -0.15) is 0 Å². The summed E-state index contributed by atoms with van der Waals surface area (Å²) in [7, 11) is 1.65. The van der Waals surface area contributed by atoms with Crippen LogP contribution in [0.1, 0.15) is 50.1 Å². The van der Waals surface area contributed by atoms with Crippen molar-refractivity contribution in [2.75, 3.05) is 26.9 Å². The van der Waals surface area contributed by atoms with Crippen LogP contribution in [-0.2, 0) is 126 Å². The molecule has 97 heavy (non-hydrogen) atoms. The zero-order valence-corrected chi connectivity index (χ0v) is 54.7. The van der Waals surface area contributed by atoms with Crippen LogP contribution < -0.4 is 4.74 Å². The third-order valence-corrected chi connectivity index (χ3v) is 17.2. The molecule has 9 aromatic carbocycles. The maximum Gasteiger partial charge on any atom is 0.187 e. The Bertz CT molecular complexity index is 3640. The average molecular weight is 1310 g/mol. The van der Waals surface area contributed by atoms with E-state index in [0.29, 0.717) is 13.2 Å². The van der Waals surface area contributed by atoms with E-state index < -0.39 is 79.7 Å². The average Bonchev–Trinajstić information content (AvgIpc) is 0.777. The molecule has 2 saturated heterocycles. The van der Waals surface area contributed by atoms with Gasteiger partial charge in [-0.3, -0.25) is 0 Å². The second kappa shape index (κ2) is 37.0. The molecule has 3 aliphatic heterocycles. The zero-order chi connectivity index (χ0) is 65.9. The smallest absolute Gasteiger partial charge is 0.187 e. The summed E-state index contributed by atoms with van der Waals surface area (Å²) in [6.45, 7) is 2.29. The first-order valence-electron chi connectivity index (χ1n) is 33.4. The Hall–Kier alpha value is -8.20. The molecule has 0 saturated carbocycles. The molecular formula is C82H86O15. The van der Waals surface area contributed by atoms with E-state index in [9.17, 15) is 0 Å². The molecule has 3 heterocycles. The van der Waals surface area contributed by atoms with Crippen LogP contribution in [0.25, 0.3) is 0 Å². The molecule has 0 aliphatic carbocycles. The van der Waals surface area contributed by atoms with Crippen molar-refractivity contribution in [2.45, 2.75) is 139 Å². The van der Waals surface area contributed by atoms with Crippen molar-refractivity contribution in [3.05, 3.63) is 329 Å². The molecule has 15 heteroatoms. The van der Waals surface area contributed by atoms with E-state index in [-0.39, 0.29) is 66.1 Å². The van der Waals surface area contributed by atoms with Gasteiger partial charge in [0, 0.05) is 0 Å². The van der Waals surface area contributed by atoms with Crippen molar-refractivity contribution >= 4 is 0 Å². The zero-order valence-electron chi connectivity index (χ0n) is 54.7. The fourth-order valence-corrected chi connectivity index (χ4v) is 12.1. The Balaban J connectivity index is 0.958. The maximum absolute atomic E-state index is 7.81. The lowest BCUT2D eigenvalue weighted by Crippen LogP contribution is -2.67. The lowest BCUT2D eigenvalue weighted by molar-refractivity contribution is -0.384. The quantitative estimate of drug-likeness (QED) is 0.0372. The van der Waals surface area contributed by atoms with Crippen LogP contribution in [0.5, 0.6) is 5.75 Å². The van der Waals surface area contributed by atoms with Gasteiger partial charge in [-0.15, -0.1) is 0 Å². The molecule has 0 aromatic heterocycles. The highest BCUT2D eigenvalue weighted by Gasteiger charge is 2.56. The maximum atomic E-state index is 7.81. The van der Waals surface area contributed by atoms with Crippen molar-refractivity contribution in [1.82, 2.24) is 0 Å². The van der Waals surface area contributed by atoms with Crippen molar-refractivity contribution in [2.24, 2.45) is 0 Å². The van der Waals surface area contributed by atoms with E-state index >= 15 is 0 Å². The molecule has 2 fully saturated rings. The van der Waals surface area contributed by atoms with Crippen molar-refractivity contribution in [1.29, 1.82) is 0 Å². The fraction of sp³-hybridized carbons (Fsp3) is 0.317. The molecule has 15 nitrogen and oxygen atoms in total. The van der Waals surface area contributed by atoms with Crippen LogP contribution in [-0.4, -0.2) is 107 Å². The minimum Gasteiger partial charge on any atom is -0.497 e. The summed E-state index contributed by atoms with van der Waals surface area (Å²) in [4.78, 5) is 0. The minimum atomic E-state index is -1.22.